The molecule has 27 heavy (non-hydrogen) atoms. The summed E-state index contributed by atoms with van der Waals surface area (Å²) in [5, 5.41) is 3.81. The maximum absolute atomic E-state index is 12.9. The summed E-state index contributed by atoms with van der Waals surface area (Å²) in [6.07, 6.45) is -8.68. The number of carbonyl (C=O) groups excluding carboxylic acids is 1. The average Bonchev–Trinajstić information content (AvgIpc) is 3.19. The molecule has 0 aromatic carbocycles. The van der Waals surface area contributed by atoms with Crippen molar-refractivity contribution in [2.45, 2.75) is 25.2 Å². The zero-order valence-electron chi connectivity index (χ0n) is 14.1. The van der Waals surface area contributed by atoms with Crippen molar-refractivity contribution in [3.63, 3.8) is 0 Å². The molecule has 148 valence electrons. The van der Waals surface area contributed by atoms with Crippen LogP contribution in [0, 0.1) is 5.92 Å². The Balaban J connectivity index is 1.79. The molecule has 3 rings (SSSR count). The van der Waals surface area contributed by atoms with Crippen LogP contribution in [0.2, 0.25) is 0 Å². The van der Waals surface area contributed by atoms with Crippen molar-refractivity contribution in [3.8, 4) is 10.6 Å². The molecule has 0 radical (unpaired) electrons. The van der Waals surface area contributed by atoms with Crippen molar-refractivity contribution in [1.29, 1.82) is 0 Å². The Kier molecular flexibility index (Phi) is 5.00. The molecular weight excluding hydrogens is 396 g/mol. The van der Waals surface area contributed by atoms with Gasteiger partial charge in [-0.15, -0.1) is 11.3 Å². The molecule has 11 heteroatoms. The molecule has 0 bridgehead atoms. The second-order valence-electron chi connectivity index (χ2n) is 6.33. The number of hydrogen-bond donors (Lipinski definition) is 0. The fourth-order valence-electron chi connectivity index (χ4n) is 3.03. The number of likely N-dealkylation sites (tertiary alicyclic amines) is 1. The van der Waals surface area contributed by atoms with E-state index >= 15 is 0 Å². The van der Waals surface area contributed by atoms with E-state index in [-0.39, 0.29) is 30.0 Å². The van der Waals surface area contributed by atoms with Gasteiger partial charge in [-0.3, -0.25) is 9.48 Å². The first-order valence-electron chi connectivity index (χ1n) is 8.04. The largest absolute Gasteiger partial charge is 0.433 e. The van der Waals surface area contributed by atoms with Crippen molar-refractivity contribution < 1.29 is 31.1 Å². The Hall–Kier alpha value is -2.04. The second-order valence-corrected chi connectivity index (χ2v) is 7.42. The Labute approximate surface area is 154 Å². The number of thiophene rings is 1. The van der Waals surface area contributed by atoms with E-state index in [0.29, 0.717) is 9.56 Å². The van der Waals surface area contributed by atoms with E-state index in [1.807, 2.05) is 0 Å². The molecule has 4 nitrogen and oxygen atoms in total. The van der Waals surface area contributed by atoms with E-state index in [9.17, 15) is 31.1 Å². The third kappa shape index (κ3) is 4.12. The molecule has 0 saturated carbocycles. The highest BCUT2D eigenvalue weighted by atomic mass is 32.1. The third-order valence-corrected chi connectivity index (χ3v) is 5.51. The van der Waals surface area contributed by atoms with Crippen LogP contribution >= 0.6 is 11.3 Å². The molecule has 1 saturated heterocycles. The second kappa shape index (κ2) is 6.84. The van der Waals surface area contributed by atoms with Gasteiger partial charge in [0.25, 0.3) is 5.91 Å². The van der Waals surface area contributed by atoms with Crippen LogP contribution in [0.5, 0.6) is 0 Å². The molecular formula is C16H15F6N3OS. The van der Waals surface area contributed by atoms with Gasteiger partial charge in [-0.2, -0.15) is 31.4 Å². The molecule has 1 aliphatic rings. The predicted molar refractivity (Wildman–Crippen MR) is 86.2 cm³/mol. The molecule has 3 heterocycles. The quantitative estimate of drug-likeness (QED) is 0.679. The lowest BCUT2D eigenvalue weighted by atomic mass is 9.97. The molecule has 1 fully saturated rings. The van der Waals surface area contributed by atoms with Gasteiger partial charge in [-0.25, -0.2) is 0 Å². The number of carbonyl (C=O) groups is 1. The predicted octanol–water partition coefficient (Wildman–Crippen LogP) is 4.58. The van der Waals surface area contributed by atoms with Crippen LogP contribution in [0.3, 0.4) is 0 Å². The highest BCUT2D eigenvalue weighted by Crippen LogP contribution is 2.36. The molecule has 1 atom stereocenters. The number of alkyl halides is 6. The van der Waals surface area contributed by atoms with Gasteiger partial charge in [0.2, 0.25) is 0 Å². The molecule has 1 unspecified atom stereocenters. The minimum Gasteiger partial charge on any atom is -0.337 e. The minimum absolute atomic E-state index is 0.0167. The summed E-state index contributed by atoms with van der Waals surface area (Å²) in [5.41, 5.74) is -0.872. The van der Waals surface area contributed by atoms with E-state index in [2.05, 4.69) is 5.10 Å². The van der Waals surface area contributed by atoms with Gasteiger partial charge in [-0.1, -0.05) is 0 Å². The summed E-state index contributed by atoms with van der Waals surface area (Å²) in [7, 11) is 1.16. The Morgan fingerprint density at radius 2 is 1.93 bits per heavy atom. The topological polar surface area (TPSA) is 38.1 Å². The standard InChI is InChI=1S/C16H15F6N3OS/c1-24-13(16(20,21)22)7-10(23-24)11-4-5-12(27-11)14(26)25-6-2-3-9(8-25)15(17,18)19/h4-5,7,9H,2-3,6,8H2,1H3. The smallest absolute Gasteiger partial charge is 0.337 e. The summed E-state index contributed by atoms with van der Waals surface area (Å²) >= 11 is 0.913. The van der Waals surface area contributed by atoms with E-state index in [1.54, 1.807) is 0 Å². The van der Waals surface area contributed by atoms with Crippen LogP contribution in [0.1, 0.15) is 28.2 Å². The lowest BCUT2D eigenvalue weighted by Gasteiger charge is -2.33. The molecule has 2 aromatic rings. The summed E-state index contributed by atoms with van der Waals surface area (Å²) in [4.78, 5) is 14.2. The lowest BCUT2D eigenvalue weighted by Crippen LogP contribution is -2.44. The van der Waals surface area contributed by atoms with E-state index < -0.39 is 36.4 Å². The maximum atomic E-state index is 12.9. The van der Waals surface area contributed by atoms with Crippen LogP contribution in [0.25, 0.3) is 10.6 Å². The average molecular weight is 411 g/mol. The first-order chi connectivity index (χ1) is 12.5. The first-order valence-corrected chi connectivity index (χ1v) is 8.86. The van der Waals surface area contributed by atoms with Gasteiger partial charge in [0.15, 0.2) is 0 Å². The Morgan fingerprint density at radius 1 is 1.22 bits per heavy atom. The molecule has 1 amide bonds. The lowest BCUT2D eigenvalue weighted by molar-refractivity contribution is -0.184. The van der Waals surface area contributed by atoms with Crippen LogP contribution in [0.4, 0.5) is 26.3 Å². The Bertz CT molecular complexity index is 838. The van der Waals surface area contributed by atoms with Crippen molar-refractivity contribution >= 4 is 17.2 Å². The van der Waals surface area contributed by atoms with Crippen LogP contribution in [-0.4, -0.2) is 39.9 Å². The fourth-order valence-corrected chi connectivity index (χ4v) is 3.96. The monoisotopic (exact) mass is 411 g/mol. The SMILES string of the molecule is Cn1nc(-c2ccc(C(=O)N3CCCC(C(F)(F)F)C3)s2)cc1C(F)(F)F. The van der Waals surface area contributed by atoms with E-state index in [0.717, 1.165) is 29.4 Å². The fraction of sp³-hybridized carbons (Fsp3) is 0.500. The van der Waals surface area contributed by atoms with Crippen molar-refractivity contribution in [3.05, 3.63) is 28.8 Å². The minimum atomic E-state index is -4.56. The summed E-state index contributed by atoms with van der Waals surface area (Å²) in [5.74, 6) is -2.10. The molecule has 1 aliphatic heterocycles. The van der Waals surface area contributed by atoms with Gasteiger partial charge in [0.1, 0.15) is 11.4 Å². The summed E-state index contributed by atoms with van der Waals surface area (Å²) in [6, 6.07) is 3.73. The van der Waals surface area contributed by atoms with Crippen molar-refractivity contribution in [1.82, 2.24) is 14.7 Å². The Morgan fingerprint density at radius 3 is 2.52 bits per heavy atom. The molecule has 0 spiro atoms. The maximum Gasteiger partial charge on any atom is 0.433 e. The van der Waals surface area contributed by atoms with Gasteiger partial charge in [0.05, 0.1) is 15.7 Å². The zero-order valence-corrected chi connectivity index (χ0v) is 14.9. The summed E-state index contributed by atoms with van der Waals surface area (Å²) < 4.78 is 78.0. The van der Waals surface area contributed by atoms with E-state index in [4.69, 9.17) is 0 Å². The normalized spacial score (nSPS) is 18.8. The van der Waals surface area contributed by atoms with Gasteiger partial charge < -0.3 is 4.90 Å². The number of hydrogen-bond acceptors (Lipinski definition) is 3. The van der Waals surface area contributed by atoms with E-state index in [1.165, 1.54) is 12.1 Å². The number of rotatable bonds is 2. The summed E-state index contributed by atoms with van der Waals surface area (Å²) in [6.45, 7) is -0.183. The number of piperidine rings is 1. The van der Waals surface area contributed by atoms with Gasteiger partial charge in [-0.05, 0) is 31.0 Å². The van der Waals surface area contributed by atoms with Crippen molar-refractivity contribution in [2.75, 3.05) is 13.1 Å². The van der Waals surface area contributed by atoms with Gasteiger partial charge in [0, 0.05) is 20.1 Å². The number of aromatic nitrogens is 2. The number of amides is 1. The van der Waals surface area contributed by atoms with Crippen LogP contribution in [-0.2, 0) is 13.2 Å². The number of aryl methyl sites for hydroxylation is 1. The highest BCUT2D eigenvalue weighted by Gasteiger charge is 2.43. The third-order valence-electron chi connectivity index (χ3n) is 4.41. The van der Waals surface area contributed by atoms with Crippen LogP contribution in [0.15, 0.2) is 18.2 Å². The number of halogens is 6. The molecule has 0 N–H and O–H groups in total. The van der Waals surface area contributed by atoms with Crippen LogP contribution < -0.4 is 0 Å². The zero-order chi connectivity index (χ0) is 20.0. The molecule has 2 aromatic heterocycles. The van der Waals surface area contributed by atoms with Gasteiger partial charge >= 0.3 is 12.4 Å². The first kappa shape index (κ1) is 19.7. The highest BCUT2D eigenvalue weighted by molar-refractivity contribution is 7.17. The molecule has 0 aliphatic carbocycles. The number of nitrogens with zero attached hydrogens (tertiary/aromatic N) is 3. The van der Waals surface area contributed by atoms with Crippen molar-refractivity contribution in [2.24, 2.45) is 13.0 Å².